The Morgan fingerprint density at radius 1 is 0.373 bits per heavy atom. The number of benzene rings is 6. The molecule has 12 nitrogen and oxygen atoms in total. The van der Waals surface area contributed by atoms with E-state index in [1.165, 1.54) is 24.3 Å². The van der Waals surface area contributed by atoms with Gasteiger partial charge in [-0.3, -0.25) is 28.8 Å². The minimum Gasteiger partial charge on any atom is -0.549 e. The lowest BCUT2D eigenvalue weighted by Gasteiger charge is -2.38. The first-order valence-corrected chi connectivity index (χ1v) is 21.2. The zero-order valence-electron chi connectivity index (χ0n) is 30.9. The molecule has 288 valence electrons. The van der Waals surface area contributed by atoms with Crippen LogP contribution in [0.25, 0.3) is 0 Å². The van der Waals surface area contributed by atoms with E-state index in [9.17, 15) is 28.8 Å². The first-order valence-electron chi connectivity index (χ1n) is 18.3. The second-order valence-electron chi connectivity index (χ2n) is 13.5. The first-order chi connectivity index (χ1) is 28.7. The lowest BCUT2D eigenvalue weighted by molar-refractivity contribution is -0.166. The van der Waals surface area contributed by atoms with Crippen LogP contribution in [0, 0.1) is 0 Å². The lowest BCUT2D eigenvalue weighted by atomic mass is 9.74. The number of carbonyl (C=O) groups excluding carboxylic acids is 6. The lowest BCUT2D eigenvalue weighted by Crippen LogP contribution is -2.59. The molecular weight excluding hydrogens is 786 g/mol. The van der Waals surface area contributed by atoms with Gasteiger partial charge in [0.25, 0.3) is 0 Å². The van der Waals surface area contributed by atoms with Crippen LogP contribution < -0.4 is 0 Å². The van der Waals surface area contributed by atoms with Gasteiger partial charge in [-0.05, 0) is 33.4 Å². The van der Waals surface area contributed by atoms with E-state index in [0.29, 0.717) is 0 Å². The Morgan fingerprint density at radius 2 is 0.593 bits per heavy atom. The van der Waals surface area contributed by atoms with E-state index >= 15 is 0 Å². The van der Waals surface area contributed by atoms with Crippen LogP contribution in [0.1, 0.15) is 33.4 Å². The molecule has 2 saturated heterocycles. The van der Waals surface area contributed by atoms with Gasteiger partial charge in [0.15, 0.2) is 0 Å². The quantitative estimate of drug-likeness (QED) is 0.132. The minimum absolute atomic E-state index is 0.0250. The van der Waals surface area contributed by atoms with E-state index in [2.05, 4.69) is 0 Å². The van der Waals surface area contributed by atoms with Crippen LogP contribution >= 0.6 is 0 Å². The van der Waals surface area contributed by atoms with Gasteiger partial charge >= 0.3 is 66.1 Å². The van der Waals surface area contributed by atoms with Gasteiger partial charge in [0, 0.05) is 0 Å². The van der Waals surface area contributed by atoms with Crippen LogP contribution in [0.5, 0.6) is 0 Å². The van der Waals surface area contributed by atoms with Crippen molar-refractivity contribution in [1.82, 2.24) is 0 Å². The normalized spacial score (nSPS) is 15.8. The predicted octanol–water partition coefficient (Wildman–Crippen LogP) is 5.20. The van der Waals surface area contributed by atoms with E-state index in [4.69, 9.17) is 22.7 Å². The summed E-state index contributed by atoms with van der Waals surface area (Å²) < 4.78 is 34.4. The number of carbonyl (C=O) groups is 6. The van der Waals surface area contributed by atoms with Gasteiger partial charge < -0.3 is 22.7 Å². The first kappa shape index (κ1) is 39.0. The van der Waals surface area contributed by atoms with Gasteiger partial charge in [0.1, 0.15) is 0 Å². The summed E-state index contributed by atoms with van der Waals surface area (Å²) in [5, 5.41) is 0. The van der Waals surface area contributed by atoms with Crippen molar-refractivity contribution < 1.29 is 51.5 Å². The summed E-state index contributed by atoms with van der Waals surface area (Å²) in [7, 11) is 0. The Hall–Kier alpha value is -6.80. The second kappa shape index (κ2) is 16.2. The largest absolute Gasteiger partial charge is 1.20 e. The fourth-order valence-electron chi connectivity index (χ4n) is 7.49. The molecule has 2 aliphatic rings. The number of hydrogen-bond acceptors (Lipinski definition) is 12. The summed E-state index contributed by atoms with van der Waals surface area (Å²) in [5.74, 6) is -6.85. The van der Waals surface area contributed by atoms with E-state index in [0.717, 1.165) is 0 Å². The highest BCUT2D eigenvalue weighted by atomic mass is 27.3. The molecule has 2 heterocycles. The van der Waals surface area contributed by atoms with Crippen molar-refractivity contribution in [1.29, 1.82) is 0 Å². The van der Waals surface area contributed by atoms with Gasteiger partial charge in [-0.2, -0.15) is 0 Å². The molecular formula is C45H30Al2O12. The summed E-state index contributed by atoms with van der Waals surface area (Å²) in [6, 6.07) is 48.1. The second-order valence-corrected chi connectivity index (χ2v) is 16.0. The molecule has 0 amide bonds. The smallest absolute Gasteiger partial charge is 0.549 e. The van der Waals surface area contributed by atoms with Crippen LogP contribution in [0.15, 0.2) is 182 Å². The van der Waals surface area contributed by atoms with Gasteiger partial charge in [-0.1, -0.05) is 182 Å². The molecule has 0 atom stereocenters. The molecule has 14 heteroatoms. The van der Waals surface area contributed by atoms with Crippen molar-refractivity contribution in [3.63, 3.8) is 0 Å². The van der Waals surface area contributed by atoms with Gasteiger partial charge in [0.2, 0.25) is 16.2 Å². The maximum absolute atomic E-state index is 14.9. The summed E-state index contributed by atoms with van der Waals surface area (Å²) in [6.45, 7) is 0. The fourth-order valence-corrected chi connectivity index (χ4v) is 9.89. The molecule has 0 aromatic heterocycles. The van der Waals surface area contributed by atoms with Crippen LogP contribution in [-0.2, 0) is 67.7 Å². The standard InChI is InChI=1S/3C15H12O4.2Al/c3*16-13(17)15(14(18)19,11-7-3-1-4-8-11)12-9-5-2-6-10-12;;/h3*1-10H,(H,16,17)(H,18,19);;/q;;;2*+3/p-6. The molecule has 6 aromatic carbocycles. The molecule has 0 saturated carbocycles. The highest BCUT2D eigenvalue weighted by Crippen LogP contribution is 2.42. The average molecular weight is 817 g/mol. The van der Waals surface area contributed by atoms with Crippen LogP contribution in [0.3, 0.4) is 0 Å². The van der Waals surface area contributed by atoms with Crippen molar-refractivity contribution in [2.45, 2.75) is 16.2 Å². The van der Waals surface area contributed by atoms with Gasteiger partial charge in [-0.15, -0.1) is 0 Å². The molecule has 0 aliphatic carbocycles. The molecule has 0 unspecified atom stereocenters. The molecule has 2 aliphatic heterocycles. The number of hydrogen-bond donors (Lipinski definition) is 0. The van der Waals surface area contributed by atoms with Gasteiger partial charge in [-0.25, -0.2) is 0 Å². The summed E-state index contributed by atoms with van der Waals surface area (Å²) >= 11 is -8.17. The van der Waals surface area contributed by atoms with Crippen molar-refractivity contribution in [2.24, 2.45) is 0 Å². The predicted molar refractivity (Wildman–Crippen MR) is 209 cm³/mol. The minimum atomic E-state index is -4.09. The maximum atomic E-state index is 14.9. The molecule has 6 aromatic rings. The van der Waals surface area contributed by atoms with Crippen molar-refractivity contribution in [3.05, 3.63) is 215 Å². The molecule has 59 heavy (non-hydrogen) atoms. The third kappa shape index (κ3) is 6.59. The van der Waals surface area contributed by atoms with Crippen molar-refractivity contribution in [2.75, 3.05) is 0 Å². The van der Waals surface area contributed by atoms with Crippen LogP contribution in [-0.4, -0.2) is 66.1 Å². The Labute approximate surface area is 347 Å². The Balaban J connectivity index is 1.14. The Bertz CT molecular complexity index is 2230. The van der Waals surface area contributed by atoms with E-state index in [1.54, 1.807) is 158 Å². The molecule has 0 spiro atoms. The van der Waals surface area contributed by atoms with E-state index < -0.39 is 82.4 Å². The molecule has 8 rings (SSSR count). The molecule has 2 fully saturated rings. The highest BCUT2D eigenvalue weighted by Gasteiger charge is 2.69. The summed E-state index contributed by atoms with van der Waals surface area (Å²) in [4.78, 5) is 86.4. The van der Waals surface area contributed by atoms with Crippen molar-refractivity contribution in [3.8, 4) is 0 Å². The van der Waals surface area contributed by atoms with E-state index in [-0.39, 0.29) is 33.4 Å². The molecule has 0 N–H and O–H groups in total. The van der Waals surface area contributed by atoms with Gasteiger partial charge in [0.05, 0.1) is 0 Å². The third-order valence-electron chi connectivity index (χ3n) is 10.3. The molecule has 0 bridgehead atoms. The Morgan fingerprint density at radius 3 is 0.831 bits per heavy atom. The molecule has 0 radical (unpaired) electrons. The highest BCUT2D eigenvalue weighted by molar-refractivity contribution is 6.50. The number of rotatable bonds is 10. The third-order valence-corrected chi connectivity index (χ3v) is 12.7. The monoisotopic (exact) mass is 816 g/mol. The SMILES string of the molecule is O=C1[O][Al]([O]C(=O)C(C(=O)[O][Al]2[O]C(=O)C(c3ccccc3)(c3ccccc3)C(=O)[O]2)(c2ccccc2)c2ccccc2)[O]C(=O)C1(c1ccccc1)c1ccccc1. The van der Waals surface area contributed by atoms with Crippen LogP contribution in [0.2, 0.25) is 0 Å². The van der Waals surface area contributed by atoms with E-state index in [1.807, 2.05) is 0 Å². The average Bonchev–Trinajstić information content (AvgIpc) is 3.26. The Kier molecular flexibility index (Phi) is 10.7. The summed E-state index contributed by atoms with van der Waals surface area (Å²) in [6.07, 6.45) is 0. The van der Waals surface area contributed by atoms with Crippen molar-refractivity contribution >= 4 is 66.1 Å². The topological polar surface area (TPSA) is 158 Å². The zero-order chi connectivity index (χ0) is 41.0. The summed E-state index contributed by atoms with van der Waals surface area (Å²) in [5.41, 5.74) is -5.54. The zero-order valence-corrected chi connectivity index (χ0v) is 33.2. The maximum Gasteiger partial charge on any atom is 1.20 e. The fraction of sp³-hybridized carbons (Fsp3) is 0.0667. The van der Waals surface area contributed by atoms with Crippen LogP contribution in [0.4, 0.5) is 0 Å².